The van der Waals surface area contributed by atoms with Gasteiger partial charge in [0.05, 0.1) is 0 Å². The first kappa shape index (κ1) is 11.1. The third-order valence-corrected chi connectivity index (χ3v) is 3.89. The van der Waals surface area contributed by atoms with Crippen LogP contribution in [0.5, 0.6) is 0 Å². The van der Waals surface area contributed by atoms with Crippen LogP contribution in [0.4, 0.5) is 4.39 Å². The van der Waals surface area contributed by atoms with E-state index in [1.807, 2.05) is 30.3 Å². The topological polar surface area (TPSA) is 17.1 Å². The van der Waals surface area contributed by atoms with E-state index in [9.17, 15) is 9.18 Å². The van der Waals surface area contributed by atoms with E-state index in [2.05, 4.69) is 0 Å². The normalized spacial score (nSPS) is 10.7. The number of fused-ring (bicyclic) bond motifs is 1. The van der Waals surface area contributed by atoms with Crippen molar-refractivity contribution in [2.24, 2.45) is 0 Å². The lowest BCUT2D eigenvalue weighted by atomic mass is 10.1. The lowest BCUT2D eigenvalue weighted by molar-refractivity contribution is 0.628. The van der Waals surface area contributed by atoms with Gasteiger partial charge in [0, 0.05) is 21.0 Å². The Balaban J connectivity index is 2.28. The Hall–Kier alpha value is -2.00. The van der Waals surface area contributed by atoms with Crippen molar-refractivity contribution >= 4 is 21.4 Å². The Morgan fingerprint density at radius 2 is 1.78 bits per heavy atom. The SMILES string of the molecule is O=c1cc(-c2cccc(F)c2)sc2ccccc12. The van der Waals surface area contributed by atoms with Gasteiger partial charge in [-0.15, -0.1) is 11.3 Å². The van der Waals surface area contributed by atoms with Crippen LogP contribution in [0.1, 0.15) is 0 Å². The molecule has 18 heavy (non-hydrogen) atoms. The zero-order valence-corrected chi connectivity index (χ0v) is 10.2. The van der Waals surface area contributed by atoms with Crippen LogP contribution in [0.25, 0.3) is 20.5 Å². The number of hydrogen-bond donors (Lipinski definition) is 0. The van der Waals surface area contributed by atoms with E-state index in [0.717, 1.165) is 15.1 Å². The second kappa shape index (κ2) is 4.35. The fraction of sp³-hybridized carbons (Fsp3) is 0. The first-order valence-electron chi connectivity index (χ1n) is 5.53. The summed E-state index contributed by atoms with van der Waals surface area (Å²) in [5.41, 5.74) is 0.714. The van der Waals surface area contributed by atoms with Crippen molar-refractivity contribution < 1.29 is 4.39 Å². The molecule has 0 spiro atoms. The molecule has 0 fully saturated rings. The van der Waals surface area contributed by atoms with Crippen LogP contribution in [-0.2, 0) is 0 Å². The Kier molecular flexibility index (Phi) is 2.68. The Labute approximate surface area is 107 Å². The van der Waals surface area contributed by atoms with Crippen LogP contribution >= 0.6 is 11.3 Å². The summed E-state index contributed by atoms with van der Waals surface area (Å²) in [5, 5.41) is 0.711. The summed E-state index contributed by atoms with van der Waals surface area (Å²) >= 11 is 1.50. The summed E-state index contributed by atoms with van der Waals surface area (Å²) in [4.78, 5) is 12.8. The fourth-order valence-electron chi connectivity index (χ4n) is 1.89. The highest BCUT2D eigenvalue weighted by Crippen LogP contribution is 2.28. The molecular weight excluding hydrogens is 247 g/mol. The van der Waals surface area contributed by atoms with Crippen LogP contribution in [0, 0.1) is 5.82 Å². The summed E-state index contributed by atoms with van der Waals surface area (Å²) in [6, 6.07) is 15.3. The summed E-state index contributed by atoms with van der Waals surface area (Å²) < 4.78 is 14.1. The molecule has 0 unspecified atom stereocenters. The van der Waals surface area contributed by atoms with Crippen LogP contribution in [-0.4, -0.2) is 0 Å². The highest BCUT2D eigenvalue weighted by atomic mass is 32.1. The van der Waals surface area contributed by atoms with Gasteiger partial charge in [0.15, 0.2) is 5.43 Å². The molecule has 3 heteroatoms. The minimum absolute atomic E-state index is 0.0244. The van der Waals surface area contributed by atoms with Crippen LogP contribution in [0.3, 0.4) is 0 Å². The Morgan fingerprint density at radius 1 is 0.944 bits per heavy atom. The van der Waals surface area contributed by atoms with Gasteiger partial charge in [0.25, 0.3) is 0 Å². The molecule has 0 amide bonds. The molecule has 0 bridgehead atoms. The summed E-state index contributed by atoms with van der Waals surface area (Å²) in [6.45, 7) is 0. The number of benzene rings is 2. The van der Waals surface area contributed by atoms with Crippen molar-refractivity contribution in [3.05, 3.63) is 70.6 Å². The largest absolute Gasteiger partial charge is 0.289 e. The van der Waals surface area contributed by atoms with Gasteiger partial charge in [-0.25, -0.2) is 4.39 Å². The van der Waals surface area contributed by atoms with E-state index in [-0.39, 0.29) is 11.2 Å². The third-order valence-electron chi connectivity index (χ3n) is 2.74. The minimum Gasteiger partial charge on any atom is -0.289 e. The van der Waals surface area contributed by atoms with E-state index in [1.54, 1.807) is 12.1 Å². The van der Waals surface area contributed by atoms with Crippen molar-refractivity contribution in [3.63, 3.8) is 0 Å². The summed E-state index contributed by atoms with van der Waals surface area (Å²) in [6.07, 6.45) is 0. The van der Waals surface area contributed by atoms with Crippen LogP contribution in [0.2, 0.25) is 0 Å². The van der Waals surface area contributed by atoms with Gasteiger partial charge in [-0.2, -0.15) is 0 Å². The summed E-state index contributed by atoms with van der Waals surface area (Å²) in [7, 11) is 0. The van der Waals surface area contributed by atoms with Gasteiger partial charge in [0.2, 0.25) is 0 Å². The molecule has 1 nitrogen and oxygen atoms in total. The maximum absolute atomic E-state index is 13.2. The predicted octanol–water partition coefficient (Wildman–Crippen LogP) is 4.07. The van der Waals surface area contributed by atoms with Gasteiger partial charge in [-0.3, -0.25) is 4.79 Å². The molecular formula is C15H9FOS. The number of halogens is 1. The second-order valence-corrected chi connectivity index (χ2v) is 5.07. The molecule has 0 saturated heterocycles. The molecule has 1 heterocycles. The molecule has 3 rings (SSSR count). The first-order chi connectivity index (χ1) is 8.74. The standard InChI is InChI=1S/C15H9FOS/c16-11-5-3-4-10(8-11)15-9-13(17)12-6-1-2-7-14(12)18-15/h1-9H. The lowest BCUT2D eigenvalue weighted by Crippen LogP contribution is -1.98. The molecule has 0 aliphatic rings. The first-order valence-corrected chi connectivity index (χ1v) is 6.34. The molecule has 0 aliphatic heterocycles. The zero-order chi connectivity index (χ0) is 12.5. The van der Waals surface area contributed by atoms with Gasteiger partial charge in [0.1, 0.15) is 5.82 Å². The molecule has 88 valence electrons. The molecule has 2 aromatic carbocycles. The molecule has 0 N–H and O–H groups in total. The van der Waals surface area contributed by atoms with Crippen LogP contribution in [0.15, 0.2) is 59.4 Å². The highest BCUT2D eigenvalue weighted by Gasteiger charge is 2.05. The van der Waals surface area contributed by atoms with E-state index in [0.29, 0.717) is 5.39 Å². The van der Waals surface area contributed by atoms with Gasteiger partial charge < -0.3 is 0 Å². The predicted molar refractivity (Wildman–Crippen MR) is 73.5 cm³/mol. The van der Waals surface area contributed by atoms with Gasteiger partial charge in [-0.05, 0) is 29.8 Å². The van der Waals surface area contributed by atoms with Crippen molar-refractivity contribution in [2.45, 2.75) is 0 Å². The second-order valence-electron chi connectivity index (χ2n) is 3.98. The van der Waals surface area contributed by atoms with Crippen molar-refractivity contribution in [1.29, 1.82) is 0 Å². The minimum atomic E-state index is -0.291. The fourth-order valence-corrected chi connectivity index (χ4v) is 2.96. The summed E-state index contributed by atoms with van der Waals surface area (Å²) in [5.74, 6) is -0.291. The molecule has 0 atom stereocenters. The molecule has 0 saturated carbocycles. The maximum atomic E-state index is 13.2. The monoisotopic (exact) mass is 256 g/mol. The Bertz CT molecular complexity index is 777. The third kappa shape index (κ3) is 1.93. The molecule has 3 aromatic rings. The average Bonchev–Trinajstić information content (AvgIpc) is 2.39. The van der Waals surface area contributed by atoms with E-state index >= 15 is 0 Å². The Morgan fingerprint density at radius 3 is 2.61 bits per heavy atom. The van der Waals surface area contributed by atoms with Crippen LogP contribution < -0.4 is 5.43 Å². The quantitative estimate of drug-likeness (QED) is 0.641. The van der Waals surface area contributed by atoms with Gasteiger partial charge >= 0.3 is 0 Å². The molecule has 1 aromatic heterocycles. The average molecular weight is 256 g/mol. The lowest BCUT2D eigenvalue weighted by Gasteiger charge is -2.02. The number of rotatable bonds is 1. The number of hydrogen-bond acceptors (Lipinski definition) is 2. The smallest absolute Gasteiger partial charge is 0.188 e. The molecule has 0 aliphatic carbocycles. The zero-order valence-electron chi connectivity index (χ0n) is 9.39. The van der Waals surface area contributed by atoms with Gasteiger partial charge in [-0.1, -0.05) is 24.3 Å². The van der Waals surface area contributed by atoms with Crippen molar-refractivity contribution in [1.82, 2.24) is 0 Å². The highest BCUT2D eigenvalue weighted by molar-refractivity contribution is 7.21. The van der Waals surface area contributed by atoms with E-state index in [4.69, 9.17) is 0 Å². The van der Waals surface area contributed by atoms with Crippen molar-refractivity contribution in [2.75, 3.05) is 0 Å². The van der Waals surface area contributed by atoms with Crippen molar-refractivity contribution in [3.8, 4) is 10.4 Å². The molecule has 0 radical (unpaired) electrons. The van der Waals surface area contributed by atoms with E-state index < -0.39 is 0 Å². The maximum Gasteiger partial charge on any atom is 0.188 e. The van der Waals surface area contributed by atoms with E-state index in [1.165, 1.54) is 23.5 Å².